The van der Waals surface area contributed by atoms with Crippen LogP contribution in [0.25, 0.3) is 10.6 Å². The van der Waals surface area contributed by atoms with E-state index in [1.807, 2.05) is 4.90 Å². The van der Waals surface area contributed by atoms with Gasteiger partial charge in [-0.15, -0.1) is 11.3 Å². The lowest BCUT2D eigenvalue weighted by molar-refractivity contribution is -0.137. The Bertz CT molecular complexity index is 888. The molecule has 1 fully saturated rings. The molecule has 1 aromatic carbocycles. The van der Waals surface area contributed by atoms with Gasteiger partial charge in [-0.05, 0) is 31.9 Å². The number of piperidine rings is 1. The highest BCUT2D eigenvalue weighted by Crippen LogP contribution is 2.33. The number of benzene rings is 1. The first-order chi connectivity index (χ1) is 13.6. The molecule has 0 radical (unpaired) electrons. The van der Waals surface area contributed by atoms with Crippen LogP contribution in [0.5, 0.6) is 0 Å². The van der Waals surface area contributed by atoms with Crippen LogP contribution in [0.3, 0.4) is 0 Å². The molecule has 1 aromatic heterocycles. The largest absolute Gasteiger partial charge is 0.416 e. The topological polar surface area (TPSA) is 88.3 Å². The highest BCUT2D eigenvalue weighted by molar-refractivity contribution is 7.17. The van der Waals surface area contributed by atoms with Crippen molar-refractivity contribution in [2.45, 2.75) is 32.0 Å². The summed E-state index contributed by atoms with van der Waals surface area (Å²) in [6.07, 6.45) is -2.97. The minimum atomic E-state index is -4.39. The average Bonchev–Trinajstić information content (AvgIpc) is 3.04. The summed E-state index contributed by atoms with van der Waals surface area (Å²) < 4.78 is 38.1. The maximum Gasteiger partial charge on any atom is 0.416 e. The number of aryl methyl sites for hydroxylation is 1. The highest BCUT2D eigenvalue weighted by Gasteiger charge is 2.30. The Balaban J connectivity index is 1.64. The van der Waals surface area contributed by atoms with Crippen molar-refractivity contribution in [3.8, 4) is 10.6 Å². The maximum atomic E-state index is 12.7. The van der Waals surface area contributed by atoms with E-state index in [9.17, 15) is 22.8 Å². The number of hydrogen-bond acceptors (Lipinski definition) is 5. The molecule has 1 saturated heterocycles. The van der Waals surface area contributed by atoms with E-state index in [1.165, 1.54) is 12.1 Å². The van der Waals surface area contributed by atoms with Gasteiger partial charge in [0, 0.05) is 24.7 Å². The molecule has 0 aliphatic carbocycles. The van der Waals surface area contributed by atoms with Crippen LogP contribution in [-0.4, -0.2) is 47.4 Å². The molecule has 10 heteroatoms. The number of rotatable bonds is 5. The summed E-state index contributed by atoms with van der Waals surface area (Å²) >= 11 is 1.16. The second-order valence-corrected chi connectivity index (χ2v) is 8.00. The number of carbonyl (C=O) groups is 2. The first kappa shape index (κ1) is 21.3. The molecule has 0 atom stereocenters. The van der Waals surface area contributed by atoms with Gasteiger partial charge >= 0.3 is 6.18 Å². The maximum absolute atomic E-state index is 12.7. The van der Waals surface area contributed by atoms with Crippen molar-refractivity contribution in [1.82, 2.24) is 15.2 Å². The SMILES string of the molecule is Cc1nc(-c2ccc(C(F)(F)F)cc2)sc1C(=O)NC1CCN(CC(N)=O)CC1. The van der Waals surface area contributed by atoms with Gasteiger partial charge in [0.1, 0.15) is 9.88 Å². The molecule has 156 valence electrons. The van der Waals surface area contributed by atoms with E-state index in [0.29, 0.717) is 47.1 Å². The fraction of sp³-hybridized carbons (Fsp3) is 0.421. The molecule has 1 aliphatic heterocycles. The van der Waals surface area contributed by atoms with Crippen LogP contribution in [0.1, 0.15) is 33.8 Å². The number of likely N-dealkylation sites (tertiary alicyclic amines) is 1. The summed E-state index contributed by atoms with van der Waals surface area (Å²) in [5.41, 5.74) is 5.54. The van der Waals surface area contributed by atoms with E-state index < -0.39 is 11.7 Å². The summed E-state index contributed by atoms with van der Waals surface area (Å²) in [5.74, 6) is -0.616. The van der Waals surface area contributed by atoms with E-state index in [1.54, 1.807) is 6.92 Å². The molecule has 0 saturated carbocycles. The fourth-order valence-electron chi connectivity index (χ4n) is 3.24. The Hall–Kier alpha value is -2.46. The quantitative estimate of drug-likeness (QED) is 0.770. The summed E-state index contributed by atoms with van der Waals surface area (Å²) in [6, 6.07) is 4.72. The molecule has 0 spiro atoms. The van der Waals surface area contributed by atoms with Gasteiger partial charge in [0.25, 0.3) is 5.91 Å². The number of nitrogens with two attached hydrogens (primary N) is 1. The molecule has 6 nitrogen and oxygen atoms in total. The summed E-state index contributed by atoms with van der Waals surface area (Å²) in [5, 5.41) is 3.48. The van der Waals surface area contributed by atoms with E-state index in [4.69, 9.17) is 5.73 Å². The van der Waals surface area contributed by atoms with Crippen LogP contribution >= 0.6 is 11.3 Å². The molecule has 0 bridgehead atoms. The molecule has 0 unspecified atom stereocenters. The lowest BCUT2D eigenvalue weighted by Crippen LogP contribution is -2.46. The van der Waals surface area contributed by atoms with Gasteiger partial charge in [-0.25, -0.2) is 4.98 Å². The third-order valence-electron chi connectivity index (χ3n) is 4.76. The smallest absolute Gasteiger partial charge is 0.369 e. The minimum absolute atomic E-state index is 0.0114. The normalized spacial score (nSPS) is 16.0. The predicted molar refractivity (Wildman–Crippen MR) is 103 cm³/mol. The number of alkyl halides is 3. The number of carbonyl (C=O) groups excluding carboxylic acids is 2. The second-order valence-electron chi connectivity index (χ2n) is 7.00. The molecule has 3 rings (SSSR count). The van der Waals surface area contributed by atoms with Crippen molar-refractivity contribution in [2.75, 3.05) is 19.6 Å². The Labute approximate surface area is 169 Å². The van der Waals surface area contributed by atoms with Gasteiger partial charge in [0.05, 0.1) is 17.8 Å². The molecule has 1 aliphatic rings. The average molecular weight is 426 g/mol. The fourth-order valence-corrected chi connectivity index (χ4v) is 4.21. The van der Waals surface area contributed by atoms with Gasteiger partial charge in [0.15, 0.2) is 0 Å². The summed E-state index contributed by atoms with van der Waals surface area (Å²) in [6.45, 7) is 3.26. The number of nitrogens with one attached hydrogen (secondary N) is 1. The van der Waals surface area contributed by atoms with Crippen molar-refractivity contribution in [3.63, 3.8) is 0 Å². The molecule has 3 N–H and O–H groups in total. The highest BCUT2D eigenvalue weighted by atomic mass is 32.1. The Morgan fingerprint density at radius 1 is 1.24 bits per heavy atom. The number of nitrogens with zero attached hydrogens (tertiary/aromatic N) is 2. The lowest BCUT2D eigenvalue weighted by Gasteiger charge is -2.31. The Morgan fingerprint density at radius 2 is 1.86 bits per heavy atom. The number of amides is 2. The van der Waals surface area contributed by atoms with Crippen LogP contribution in [0.4, 0.5) is 13.2 Å². The van der Waals surface area contributed by atoms with Gasteiger partial charge in [0.2, 0.25) is 5.91 Å². The minimum Gasteiger partial charge on any atom is -0.369 e. The number of primary amides is 1. The number of aromatic nitrogens is 1. The Kier molecular flexibility index (Phi) is 6.23. The zero-order chi connectivity index (χ0) is 21.2. The first-order valence-electron chi connectivity index (χ1n) is 9.10. The van der Waals surface area contributed by atoms with Crippen molar-refractivity contribution in [1.29, 1.82) is 0 Å². The third kappa shape index (κ3) is 5.33. The Morgan fingerprint density at radius 3 is 2.41 bits per heavy atom. The van der Waals surface area contributed by atoms with E-state index in [2.05, 4.69) is 10.3 Å². The number of thiazole rings is 1. The molecular formula is C19H21F3N4O2S. The molecule has 2 heterocycles. The van der Waals surface area contributed by atoms with Gasteiger partial charge in [-0.2, -0.15) is 13.2 Å². The van der Waals surface area contributed by atoms with Crippen molar-refractivity contribution in [3.05, 3.63) is 40.4 Å². The molecule has 2 amide bonds. The van der Waals surface area contributed by atoms with E-state index >= 15 is 0 Å². The monoisotopic (exact) mass is 426 g/mol. The van der Waals surface area contributed by atoms with Crippen LogP contribution < -0.4 is 11.1 Å². The zero-order valence-corrected chi connectivity index (χ0v) is 16.6. The van der Waals surface area contributed by atoms with Crippen LogP contribution in [-0.2, 0) is 11.0 Å². The predicted octanol–water partition coefficient (Wildman–Crippen LogP) is 2.82. The molecular weight excluding hydrogens is 405 g/mol. The van der Waals surface area contributed by atoms with E-state index in [0.717, 1.165) is 23.5 Å². The lowest BCUT2D eigenvalue weighted by atomic mass is 10.0. The molecule has 29 heavy (non-hydrogen) atoms. The first-order valence-corrected chi connectivity index (χ1v) is 9.91. The van der Waals surface area contributed by atoms with Gasteiger partial charge in [-0.3, -0.25) is 14.5 Å². The second kappa shape index (κ2) is 8.50. The van der Waals surface area contributed by atoms with Crippen molar-refractivity contribution in [2.24, 2.45) is 5.73 Å². The third-order valence-corrected chi connectivity index (χ3v) is 5.97. The van der Waals surface area contributed by atoms with Crippen molar-refractivity contribution < 1.29 is 22.8 Å². The molecule has 2 aromatic rings. The number of hydrogen-bond donors (Lipinski definition) is 2. The van der Waals surface area contributed by atoms with Gasteiger partial charge < -0.3 is 11.1 Å². The number of halogens is 3. The zero-order valence-electron chi connectivity index (χ0n) is 15.8. The van der Waals surface area contributed by atoms with Crippen LogP contribution in [0.2, 0.25) is 0 Å². The van der Waals surface area contributed by atoms with Crippen LogP contribution in [0, 0.1) is 6.92 Å². The summed E-state index contributed by atoms with van der Waals surface area (Å²) in [4.78, 5) is 30.4. The van der Waals surface area contributed by atoms with E-state index in [-0.39, 0.29) is 24.4 Å². The van der Waals surface area contributed by atoms with Gasteiger partial charge in [-0.1, -0.05) is 12.1 Å². The standard InChI is InChI=1S/C19H21F3N4O2S/c1-11-16(17(28)25-14-6-8-26(9-7-14)10-15(23)27)29-18(24-11)12-2-4-13(5-3-12)19(20,21)22/h2-5,14H,6-10H2,1H3,(H2,23,27)(H,25,28). The summed E-state index contributed by atoms with van der Waals surface area (Å²) in [7, 11) is 0. The van der Waals surface area contributed by atoms with Crippen LogP contribution in [0.15, 0.2) is 24.3 Å². The van der Waals surface area contributed by atoms with Crippen molar-refractivity contribution >= 4 is 23.2 Å².